The lowest BCUT2D eigenvalue weighted by Crippen LogP contribution is -2.50. The molecular formula is C17H28N6O3. The van der Waals surface area contributed by atoms with Crippen LogP contribution >= 0.6 is 0 Å². The predicted octanol–water partition coefficient (Wildman–Crippen LogP) is -0.568. The zero-order valence-corrected chi connectivity index (χ0v) is 15.8. The number of carbonyl (C=O) groups is 2. The third kappa shape index (κ3) is 4.59. The fraction of sp³-hybridized carbons (Fsp3) is 0.765. The highest BCUT2D eigenvalue weighted by atomic mass is 16.5. The number of aromatic nitrogens is 2. The van der Waals surface area contributed by atoms with Crippen molar-refractivity contribution in [2.75, 3.05) is 59.9 Å². The first-order valence-corrected chi connectivity index (χ1v) is 9.15. The molecular weight excluding hydrogens is 336 g/mol. The molecule has 2 fully saturated rings. The molecule has 0 aromatic carbocycles. The Labute approximate surface area is 153 Å². The van der Waals surface area contributed by atoms with E-state index in [9.17, 15) is 9.59 Å². The van der Waals surface area contributed by atoms with Crippen molar-refractivity contribution in [2.24, 2.45) is 5.92 Å². The number of piperazine rings is 1. The van der Waals surface area contributed by atoms with Crippen molar-refractivity contribution in [2.45, 2.75) is 19.9 Å². The van der Waals surface area contributed by atoms with Gasteiger partial charge in [0.15, 0.2) is 5.82 Å². The van der Waals surface area contributed by atoms with E-state index in [1.807, 2.05) is 28.8 Å². The number of nitrogens with zero attached hydrogens (tertiary/aromatic N) is 6. The molecule has 9 nitrogen and oxygen atoms in total. The van der Waals surface area contributed by atoms with Crippen LogP contribution in [0.25, 0.3) is 0 Å². The van der Waals surface area contributed by atoms with Gasteiger partial charge in [0.2, 0.25) is 17.7 Å². The second kappa shape index (κ2) is 8.13. The van der Waals surface area contributed by atoms with Gasteiger partial charge in [-0.15, -0.1) is 0 Å². The van der Waals surface area contributed by atoms with Crippen molar-refractivity contribution in [3.05, 3.63) is 11.7 Å². The van der Waals surface area contributed by atoms with Gasteiger partial charge in [0.25, 0.3) is 0 Å². The predicted molar refractivity (Wildman–Crippen MR) is 94.1 cm³/mol. The summed E-state index contributed by atoms with van der Waals surface area (Å²) in [4.78, 5) is 37.1. The molecule has 2 amide bonds. The van der Waals surface area contributed by atoms with Crippen molar-refractivity contribution < 1.29 is 14.1 Å². The van der Waals surface area contributed by atoms with Crippen molar-refractivity contribution >= 4 is 11.8 Å². The molecule has 1 aromatic heterocycles. The number of hydrogen-bond acceptors (Lipinski definition) is 7. The van der Waals surface area contributed by atoms with Gasteiger partial charge < -0.3 is 19.2 Å². The molecule has 0 spiro atoms. The van der Waals surface area contributed by atoms with Crippen LogP contribution in [-0.2, 0) is 16.1 Å². The third-order valence-electron chi connectivity index (χ3n) is 5.00. The molecule has 0 N–H and O–H groups in total. The topological polar surface area (TPSA) is 86.0 Å². The Kier molecular flexibility index (Phi) is 5.87. The number of aryl methyl sites for hydroxylation is 1. The fourth-order valence-electron chi connectivity index (χ4n) is 3.46. The Hall–Kier alpha value is -2.00. The quantitative estimate of drug-likeness (QED) is 0.668. The molecule has 0 bridgehead atoms. The Morgan fingerprint density at radius 3 is 2.62 bits per heavy atom. The zero-order chi connectivity index (χ0) is 18.7. The van der Waals surface area contributed by atoms with Crippen molar-refractivity contribution in [3.63, 3.8) is 0 Å². The third-order valence-corrected chi connectivity index (χ3v) is 5.00. The van der Waals surface area contributed by atoms with E-state index in [4.69, 9.17) is 4.52 Å². The summed E-state index contributed by atoms with van der Waals surface area (Å²) in [5, 5.41) is 3.92. The molecule has 0 radical (unpaired) electrons. The van der Waals surface area contributed by atoms with Crippen molar-refractivity contribution in [3.8, 4) is 0 Å². The Morgan fingerprint density at radius 2 is 2.00 bits per heavy atom. The first-order valence-electron chi connectivity index (χ1n) is 9.15. The van der Waals surface area contributed by atoms with E-state index < -0.39 is 0 Å². The molecule has 2 aliphatic rings. The minimum atomic E-state index is -0.198. The second-order valence-corrected chi connectivity index (χ2v) is 7.38. The lowest BCUT2D eigenvalue weighted by Gasteiger charge is -2.35. The van der Waals surface area contributed by atoms with E-state index in [0.29, 0.717) is 50.9 Å². The van der Waals surface area contributed by atoms with Crippen LogP contribution in [0.2, 0.25) is 0 Å². The van der Waals surface area contributed by atoms with Crippen molar-refractivity contribution in [1.82, 2.24) is 29.7 Å². The van der Waals surface area contributed by atoms with E-state index in [2.05, 4.69) is 15.0 Å². The molecule has 144 valence electrons. The minimum Gasteiger partial charge on any atom is -0.341 e. The fourth-order valence-corrected chi connectivity index (χ4v) is 3.46. The Bertz CT molecular complexity index is 638. The number of rotatable bonds is 6. The van der Waals surface area contributed by atoms with E-state index in [1.165, 1.54) is 0 Å². The van der Waals surface area contributed by atoms with Gasteiger partial charge >= 0.3 is 0 Å². The van der Waals surface area contributed by atoms with Gasteiger partial charge in [0.1, 0.15) is 0 Å². The molecule has 1 atom stereocenters. The summed E-state index contributed by atoms with van der Waals surface area (Å²) < 4.78 is 5.00. The average molecular weight is 364 g/mol. The van der Waals surface area contributed by atoms with Crippen LogP contribution < -0.4 is 0 Å². The Morgan fingerprint density at radius 1 is 1.27 bits per heavy atom. The molecule has 0 aliphatic carbocycles. The maximum atomic E-state index is 12.8. The van der Waals surface area contributed by atoms with Crippen LogP contribution in [0.15, 0.2) is 4.52 Å². The normalized spacial score (nSPS) is 21.8. The van der Waals surface area contributed by atoms with Gasteiger partial charge in [-0.25, -0.2) is 0 Å². The zero-order valence-electron chi connectivity index (χ0n) is 15.8. The highest BCUT2D eigenvalue weighted by Gasteiger charge is 2.37. The summed E-state index contributed by atoms with van der Waals surface area (Å²) in [5.41, 5.74) is 0. The summed E-state index contributed by atoms with van der Waals surface area (Å²) in [6.07, 6.45) is 0.342. The summed E-state index contributed by atoms with van der Waals surface area (Å²) in [7, 11) is 3.97. The number of likely N-dealkylation sites (tertiary alicyclic amines) is 1. The van der Waals surface area contributed by atoms with Crippen molar-refractivity contribution in [1.29, 1.82) is 0 Å². The minimum absolute atomic E-state index is 0.0938. The standard InChI is InChI=1S/C17H28N6O3/c1-13-18-15(19-26-13)12-21-5-8-22(9-6-21)17(25)14-10-16(24)23(11-14)7-4-20(2)3/h14H,4-12H2,1-3H3/t14-/m1/s1. The van der Waals surface area contributed by atoms with Crippen LogP contribution in [0.1, 0.15) is 18.1 Å². The van der Waals surface area contributed by atoms with Gasteiger partial charge in [-0.3, -0.25) is 14.5 Å². The maximum Gasteiger partial charge on any atom is 0.228 e. The number of amides is 2. The molecule has 2 saturated heterocycles. The molecule has 3 rings (SSSR count). The lowest BCUT2D eigenvalue weighted by molar-refractivity contribution is -0.137. The average Bonchev–Trinajstić information content (AvgIpc) is 3.18. The van der Waals surface area contributed by atoms with Crippen LogP contribution in [-0.4, -0.2) is 101 Å². The maximum absolute atomic E-state index is 12.8. The lowest BCUT2D eigenvalue weighted by atomic mass is 10.1. The van der Waals surface area contributed by atoms with Gasteiger partial charge in [0, 0.05) is 59.2 Å². The van der Waals surface area contributed by atoms with Gasteiger partial charge in [-0.2, -0.15) is 4.98 Å². The first kappa shape index (κ1) is 18.8. The molecule has 9 heteroatoms. The monoisotopic (exact) mass is 364 g/mol. The number of carbonyl (C=O) groups excluding carboxylic acids is 2. The highest BCUT2D eigenvalue weighted by Crippen LogP contribution is 2.21. The largest absolute Gasteiger partial charge is 0.341 e. The number of likely N-dealkylation sites (N-methyl/N-ethyl adjacent to an activating group) is 1. The summed E-state index contributed by atoms with van der Waals surface area (Å²) in [5.74, 6) is 1.26. The van der Waals surface area contributed by atoms with Gasteiger partial charge in [-0.05, 0) is 14.1 Å². The van der Waals surface area contributed by atoms with Gasteiger partial charge in [0.05, 0.1) is 12.5 Å². The highest BCUT2D eigenvalue weighted by molar-refractivity contribution is 5.89. The number of hydrogen-bond donors (Lipinski definition) is 0. The van der Waals surface area contributed by atoms with Crippen LogP contribution in [0.4, 0.5) is 0 Å². The van der Waals surface area contributed by atoms with E-state index in [-0.39, 0.29) is 17.7 Å². The molecule has 26 heavy (non-hydrogen) atoms. The Balaban J connectivity index is 1.45. The van der Waals surface area contributed by atoms with E-state index in [1.54, 1.807) is 6.92 Å². The summed E-state index contributed by atoms with van der Waals surface area (Å²) in [6, 6.07) is 0. The van der Waals surface area contributed by atoms with Crippen LogP contribution in [0.3, 0.4) is 0 Å². The summed E-state index contributed by atoms with van der Waals surface area (Å²) >= 11 is 0. The molecule has 3 heterocycles. The molecule has 0 unspecified atom stereocenters. The first-order chi connectivity index (χ1) is 12.4. The molecule has 0 saturated carbocycles. The smallest absolute Gasteiger partial charge is 0.228 e. The van der Waals surface area contributed by atoms with Gasteiger partial charge in [-0.1, -0.05) is 5.16 Å². The van der Waals surface area contributed by atoms with Crippen LogP contribution in [0, 0.1) is 12.8 Å². The summed E-state index contributed by atoms with van der Waals surface area (Å²) in [6.45, 7) is 7.39. The van der Waals surface area contributed by atoms with Crippen LogP contribution in [0.5, 0.6) is 0 Å². The van der Waals surface area contributed by atoms with E-state index in [0.717, 1.165) is 19.6 Å². The second-order valence-electron chi connectivity index (χ2n) is 7.38. The molecule has 1 aromatic rings. The molecule has 2 aliphatic heterocycles. The van der Waals surface area contributed by atoms with E-state index >= 15 is 0 Å². The SMILES string of the molecule is Cc1nc(CN2CCN(C(=O)[C@@H]3CC(=O)N(CCN(C)C)C3)CC2)no1.